The molecule has 3 aromatic carbocycles. The van der Waals surface area contributed by atoms with Crippen molar-refractivity contribution in [2.45, 2.75) is 58.2 Å². The third-order valence-corrected chi connectivity index (χ3v) is 8.10. The standard InChI is InChI=1S/C31H36BrF2N3O4S/c1-31(2,3)35-30(39)28(19-22-9-6-5-7-10-22)36(21-23-12-14-24(32)15-13-23)29(38)11-8-18-37(42(4,40)41)25-16-17-26(33)27(34)20-25/h5-7,9-10,12-17,20,28H,8,11,18-19,21H2,1-4H3,(H,35,39). The van der Waals surface area contributed by atoms with E-state index in [0.29, 0.717) is 0 Å². The van der Waals surface area contributed by atoms with Crippen molar-refractivity contribution in [1.82, 2.24) is 10.2 Å². The minimum absolute atomic E-state index is 0.0397. The molecule has 3 rings (SSSR count). The number of rotatable bonds is 12. The van der Waals surface area contributed by atoms with E-state index in [0.717, 1.165) is 38.3 Å². The first-order valence-corrected chi connectivity index (χ1v) is 16.1. The van der Waals surface area contributed by atoms with Gasteiger partial charge in [0, 0.05) is 42.0 Å². The molecule has 226 valence electrons. The van der Waals surface area contributed by atoms with Crippen LogP contribution in [0.15, 0.2) is 77.3 Å². The van der Waals surface area contributed by atoms with Gasteiger partial charge >= 0.3 is 0 Å². The maximum Gasteiger partial charge on any atom is 0.243 e. The lowest BCUT2D eigenvalue weighted by atomic mass is 10.00. The van der Waals surface area contributed by atoms with E-state index in [4.69, 9.17) is 0 Å². The van der Waals surface area contributed by atoms with E-state index in [1.165, 1.54) is 11.0 Å². The van der Waals surface area contributed by atoms with Crippen LogP contribution in [-0.4, -0.2) is 49.5 Å². The molecule has 42 heavy (non-hydrogen) atoms. The molecule has 0 saturated heterocycles. The summed E-state index contributed by atoms with van der Waals surface area (Å²) in [5.74, 6) is -2.92. The summed E-state index contributed by atoms with van der Waals surface area (Å²) in [5, 5.41) is 3.00. The Balaban J connectivity index is 1.90. The lowest BCUT2D eigenvalue weighted by Gasteiger charge is -2.34. The van der Waals surface area contributed by atoms with Crippen molar-refractivity contribution in [3.8, 4) is 0 Å². The topological polar surface area (TPSA) is 86.8 Å². The van der Waals surface area contributed by atoms with Crippen molar-refractivity contribution in [3.05, 3.63) is 100 Å². The van der Waals surface area contributed by atoms with Gasteiger partial charge in [-0.05, 0) is 62.6 Å². The minimum atomic E-state index is -3.86. The van der Waals surface area contributed by atoms with Gasteiger partial charge in [0.2, 0.25) is 21.8 Å². The van der Waals surface area contributed by atoms with E-state index < -0.39 is 33.2 Å². The van der Waals surface area contributed by atoms with Crippen LogP contribution in [0.2, 0.25) is 0 Å². The maximum atomic E-state index is 13.9. The van der Waals surface area contributed by atoms with Crippen LogP contribution in [0.4, 0.5) is 14.5 Å². The molecule has 0 saturated carbocycles. The smallest absolute Gasteiger partial charge is 0.243 e. The Labute approximate surface area is 255 Å². The molecule has 0 aliphatic carbocycles. The summed E-state index contributed by atoms with van der Waals surface area (Å²) in [4.78, 5) is 29.0. The predicted octanol–water partition coefficient (Wildman–Crippen LogP) is 5.83. The van der Waals surface area contributed by atoms with E-state index >= 15 is 0 Å². The lowest BCUT2D eigenvalue weighted by Crippen LogP contribution is -2.54. The number of amides is 2. The predicted molar refractivity (Wildman–Crippen MR) is 164 cm³/mol. The third-order valence-electron chi connectivity index (χ3n) is 6.38. The van der Waals surface area contributed by atoms with Crippen LogP contribution in [0, 0.1) is 11.6 Å². The summed E-state index contributed by atoms with van der Waals surface area (Å²) in [6.07, 6.45) is 1.24. The van der Waals surface area contributed by atoms with Gasteiger partial charge in [-0.3, -0.25) is 13.9 Å². The Morgan fingerprint density at radius 2 is 1.57 bits per heavy atom. The third kappa shape index (κ3) is 9.90. The molecule has 1 N–H and O–H groups in total. The zero-order valence-corrected chi connectivity index (χ0v) is 26.5. The molecule has 0 aliphatic rings. The van der Waals surface area contributed by atoms with Gasteiger partial charge in [-0.25, -0.2) is 17.2 Å². The highest BCUT2D eigenvalue weighted by Crippen LogP contribution is 2.23. The molecule has 0 bridgehead atoms. The van der Waals surface area contributed by atoms with Crippen LogP contribution in [0.1, 0.15) is 44.7 Å². The Hall–Kier alpha value is -3.31. The van der Waals surface area contributed by atoms with Crippen molar-refractivity contribution in [1.29, 1.82) is 0 Å². The van der Waals surface area contributed by atoms with Gasteiger partial charge in [0.1, 0.15) is 6.04 Å². The molecule has 7 nitrogen and oxygen atoms in total. The van der Waals surface area contributed by atoms with Gasteiger partial charge in [-0.15, -0.1) is 0 Å². The molecule has 0 spiro atoms. The van der Waals surface area contributed by atoms with Crippen molar-refractivity contribution in [2.75, 3.05) is 17.1 Å². The van der Waals surface area contributed by atoms with E-state index in [1.807, 2.05) is 75.4 Å². The largest absolute Gasteiger partial charge is 0.350 e. The fourth-order valence-electron chi connectivity index (χ4n) is 4.44. The molecule has 0 fully saturated rings. The van der Waals surface area contributed by atoms with Crippen molar-refractivity contribution in [2.24, 2.45) is 0 Å². The van der Waals surface area contributed by atoms with Crippen LogP contribution in [0.25, 0.3) is 0 Å². The number of hydrogen-bond donors (Lipinski definition) is 1. The number of carbonyl (C=O) groups is 2. The maximum absolute atomic E-state index is 13.9. The highest BCUT2D eigenvalue weighted by Gasteiger charge is 2.32. The first-order valence-electron chi connectivity index (χ1n) is 13.5. The van der Waals surface area contributed by atoms with Crippen LogP contribution in [-0.2, 0) is 32.6 Å². The molecular formula is C31H36BrF2N3O4S. The number of sulfonamides is 1. The quantitative estimate of drug-likeness (QED) is 0.264. The second-order valence-corrected chi connectivity index (χ2v) is 14.0. The van der Waals surface area contributed by atoms with E-state index in [2.05, 4.69) is 21.2 Å². The Morgan fingerprint density at radius 1 is 0.929 bits per heavy atom. The van der Waals surface area contributed by atoms with Gasteiger partial charge in [0.05, 0.1) is 11.9 Å². The van der Waals surface area contributed by atoms with Gasteiger partial charge in [-0.2, -0.15) is 0 Å². The lowest BCUT2D eigenvalue weighted by molar-refractivity contribution is -0.142. The number of nitrogens with one attached hydrogen (secondary N) is 1. The minimum Gasteiger partial charge on any atom is -0.350 e. The monoisotopic (exact) mass is 663 g/mol. The summed E-state index contributed by atoms with van der Waals surface area (Å²) in [6.45, 7) is 5.61. The fourth-order valence-corrected chi connectivity index (χ4v) is 5.66. The summed E-state index contributed by atoms with van der Waals surface area (Å²) < 4.78 is 54.2. The fraction of sp³-hybridized carbons (Fsp3) is 0.355. The molecule has 1 unspecified atom stereocenters. The van der Waals surface area contributed by atoms with Crippen LogP contribution < -0.4 is 9.62 Å². The zero-order valence-electron chi connectivity index (χ0n) is 24.1. The van der Waals surface area contributed by atoms with E-state index in [9.17, 15) is 26.8 Å². The number of benzene rings is 3. The van der Waals surface area contributed by atoms with Crippen LogP contribution >= 0.6 is 15.9 Å². The van der Waals surface area contributed by atoms with Crippen LogP contribution in [0.3, 0.4) is 0 Å². The van der Waals surface area contributed by atoms with E-state index in [1.54, 1.807) is 0 Å². The SMILES string of the molecule is CC(C)(C)NC(=O)C(Cc1ccccc1)N(Cc1ccc(Br)cc1)C(=O)CCCN(c1ccc(F)c(F)c1)S(C)(=O)=O. The number of anilines is 1. The number of halogens is 3. The van der Waals surface area contributed by atoms with Gasteiger partial charge < -0.3 is 10.2 Å². The van der Waals surface area contributed by atoms with E-state index in [-0.39, 0.29) is 49.9 Å². The first-order chi connectivity index (χ1) is 19.6. The van der Waals surface area contributed by atoms with Gasteiger partial charge in [0.25, 0.3) is 0 Å². The number of nitrogens with zero attached hydrogens (tertiary/aromatic N) is 2. The zero-order chi connectivity index (χ0) is 31.1. The average molecular weight is 665 g/mol. The Morgan fingerprint density at radius 3 is 2.14 bits per heavy atom. The summed E-state index contributed by atoms with van der Waals surface area (Å²) in [5.41, 5.74) is 1.11. The molecule has 0 aromatic heterocycles. The Kier molecular flexibility index (Phi) is 11.3. The van der Waals surface area contributed by atoms with Gasteiger partial charge in [0.15, 0.2) is 11.6 Å². The molecule has 0 aliphatic heterocycles. The van der Waals surface area contributed by atoms with Gasteiger partial charge in [-0.1, -0.05) is 58.4 Å². The first kappa shape index (κ1) is 33.2. The second-order valence-electron chi connectivity index (χ2n) is 11.1. The van der Waals surface area contributed by atoms with Crippen molar-refractivity contribution in [3.63, 3.8) is 0 Å². The average Bonchev–Trinajstić information content (AvgIpc) is 2.90. The summed E-state index contributed by atoms with van der Waals surface area (Å²) in [7, 11) is -3.86. The molecule has 3 aromatic rings. The second kappa shape index (κ2) is 14.2. The molecular weight excluding hydrogens is 628 g/mol. The summed E-state index contributed by atoms with van der Waals surface area (Å²) in [6, 6.07) is 18.8. The molecule has 2 amide bonds. The number of hydrogen-bond acceptors (Lipinski definition) is 4. The summed E-state index contributed by atoms with van der Waals surface area (Å²) >= 11 is 3.42. The highest BCUT2D eigenvalue weighted by atomic mass is 79.9. The molecule has 1 atom stereocenters. The molecule has 0 heterocycles. The van der Waals surface area contributed by atoms with Crippen molar-refractivity contribution < 1.29 is 26.8 Å². The van der Waals surface area contributed by atoms with Crippen LogP contribution in [0.5, 0.6) is 0 Å². The molecule has 11 heteroatoms. The highest BCUT2D eigenvalue weighted by molar-refractivity contribution is 9.10. The number of carbonyl (C=O) groups excluding carboxylic acids is 2. The van der Waals surface area contributed by atoms with Crippen molar-refractivity contribution >= 4 is 43.5 Å². The normalized spacial score (nSPS) is 12.5. The Bertz CT molecular complexity index is 1480. The molecule has 0 radical (unpaired) electrons.